The van der Waals surface area contributed by atoms with E-state index in [2.05, 4.69) is 5.32 Å². The molecule has 0 aromatic heterocycles. The molecule has 1 aromatic rings. The van der Waals surface area contributed by atoms with Crippen molar-refractivity contribution in [1.29, 1.82) is 0 Å². The number of aliphatic carboxylic acids is 1. The molecule has 0 saturated carbocycles. The predicted molar refractivity (Wildman–Crippen MR) is 64.7 cm³/mol. The topological polar surface area (TPSA) is 66.4 Å². The fourth-order valence-corrected chi connectivity index (χ4v) is 1.74. The molecule has 2 unspecified atom stereocenters. The maximum Gasteiger partial charge on any atom is 0.326 e. The largest absolute Gasteiger partial charge is 0.480 e. The fourth-order valence-electron chi connectivity index (χ4n) is 1.74. The Labute approximate surface area is 101 Å². The van der Waals surface area contributed by atoms with E-state index in [0.29, 0.717) is 6.42 Å². The molecular formula is C13H17NO3. The molecule has 0 radical (unpaired) electrons. The van der Waals surface area contributed by atoms with Crippen LogP contribution in [0.4, 0.5) is 0 Å². The number of benzene rings is 1. The first-order valence-corrected chi connectivity index (χ1v) is 5.55. The summed E-state index contributed by atoms with van der Waals surface area (Å²) in [5.41, 5.74) is 1.07. The number of amides is 1. The van der Waals surface area contributed by atoms with Crippen LogP contribution in [0.1, 0.15) is 31.7 Å². The smallest absolute Gasteiger partial charge is 0.326 e. The predicted octanol–water partition coefficient (Wildman–Crippen LogP) is 1.77. The van der Waals surface area contributed by atoms with Gasteiger partial charge in [-0.05, 0) is 17.9 Å². The van der Waals surface area contributed by atoms with Crippen molar-refractivity contribution in [1.82, 2.24) is 5.32 Å². The van der Waals surface area contributed by atoms with E-state index in [1.54, 1.807) is 0 Å². The summed E-state index contributed by atoms with van der Waals surface area (Å²) in [6.45, 7) is 3.27. The van der Waals surface area contributed by atoms with Crippen molar-refractivity contribution in [2.24, 2.45) is 0 Å². The molecule has 1 aromatic carbocycles. The van der Waals surface area contributed by atoms with E-state index >= 15 is 0 Å². The molecule has 17 heavy (non-hydrogen) atoms. The second-order valence-electron chi connectivity index (χ2n) is 4.14. The molecule has 4 heteroatoms. The number of hydrogen-bond acceptors (Lipinski definition) is 2. The number of hydrogen-bond donors (Lipinski definition) is 2. The summed E-state index contributed by atoms with van der Waals surface area (Å²) in [5, 5.41) is 11.4. The van der Waals surface area contributed by atoms with Crippen molar-refractivity contribution in [3.8, 4) is 0 Å². The van der Waals surface area contributed by atoms with Crippen LogP contribution in [0.15, 0.2) is 30.3 Å². The number of nitrogens with one attached hydrogen (secondary N) is 1. The minimum Gasteiger partial charge on any atom is -0.480 e. The van der Waals surface area contributed by atoms with Gasteiger partial charge in [0.05, 0.1) is 0 Å². The van der Waals surface area contributed by atoms with Crippen molar-refractivity contribution in [3.05, 3.63) is 35.9 Å². The molecule has 2 N–H and O–H groups in total. The van der Waals surface area contributed by atoms with Crippen molar-refractivity contribution in [3.63, 3.8) is 0 Å². The van der Waals surface area contributed by atoms with E-state index in [1.807, 2.05) is 37.3 Å². The molecule has 0 spiro atoms. The lowest BCUT2D eigenvalue weighted by atomic mass is 9.94. The van der Waals surface area contributed by atoms with Crippen molar-refractivity contribution in [2.75, 3.05) is 0 Å². The van der Waals surface area contributed by atoms with Crippen LogP contribution in [-0.4, -0.2) is 23.0 Å². The molecule has 0 aliphatic rings. The van der Waals surface area contributed by atoms with Crippen molar-refractivity contribution in [2.45, 2.75) is 32.2 Å². The van der Waals surface area contributed by atoms with Gasteiger partial charge in [0.2, 0.25) is 5.91 Å². The van der Waals surface area contributed by atoms with E-state index in [4.69, 9.17) is 5.11 Å². The lowest BCUT2D eigenvalue weighted by Gasteiger charge is -2.18. The minimum absolute atomic E-state index is 0.0872. The zero-order chi connectivity index (χ0) is 12.8. The maximum atomic E-state index is 11.0. The summed E-state index contributed by atoms with van der Waals surface area (Å²) >= 11 is 0. The number of carboxylic acid groups (broad SMARTS) is 1. The molecule has 2 atom stereocenters. The Kier molecular flexibility index (Phi) is 4.69. The molecule has 1 amide bonds. The van der Waals surface area contributed by atoms with E-state index in [9.17, 15) is 9.59 Å². The third-order valence-corrected chi connectivity index (χ3v) is 2.63. The molecule has 0 heterocycles. The SMILES string of the molecule is CC(=O)NC(CC(C)c1ccccc1)C(=O)O. The van der Waals surface area contributed by atoms with Crippen molar-refractivity contribution >= 4 is 11.9 Å². The Balaban J connectivity index is 2.67. The highest BCUT2D eigenvalue weighted by molar-refractivity contribution is 5.82. The van der Waals surface area contributed by atoms with Gasteiger partial charge >= 0.3 is 5.97 Å². The van der Waals surface area contributed by atoms with Gasteiger partial charge in [0, 0.05) is 6.92 Å². The molecule has 0 aliphatic heterocycles. The molecule has 0 bridgehead atoms. The first-order valence-electron chi connectivity index (χ1n) is 5.55. The number of carbonyl (C=O) groups excluding carboxylic acids is 1. The van der Waals surface area contributed by atoms with E-state index < -0.39 is 12.0 Å². The first kappa shape index (κ1) is 13.2. The Bertz CT molecular complexity index is 389. The average molecular weight is 235 g/mol. The van der Waals surface area contributed by atoms with Gasteiger partial charge in [0.1, 0.15) is 6.04 Å². The quantitative estimate of drug-likeness (QED) is 0.817. The van der Waals surface area contributed by atoms with Crippen LogP contribution >= 0.6 is 0 Å². The average Bonchev–Trinajstić information content (AvgIpc) is 2.28. The van der Waals surface area contributed by atoms with Gasteiger partial charge in [-0.3, -0.25) is 4.79 Å². The van der Waals surface area contributed by atoms with Gasteiger partial charge < -0.3 is 10.4 Å². The third-order valence-electron chi connectivity index (χ3n) is 2.63. The van der Waals surface area contributed by atoms with E-state index in [0.717, 1.165) is 5.56 Å². The van der Waals surface area contributed by atoms with Crippen LogP contribution in [0.5, 0.6) is 0 Å². The Morgan fingerprint density at radius 2 is 1.88 bits per heavy atom. The Morgan fingerprint density at radius 3 is 2.35 bits per heavy atom. The van der Waals surface area contributed by atoms with Crippen molar-refractivity contribution < 1.29 is 14.7 Å². The highest BCUT2D eigenvalue weighted by Gasteiger charge is 2.21. The van der Waals surface area contributed by atoms with E-state index in [1.165, 1.54) is 6.92 Å². The first-order chi connectivity index (χ1) is 8.00. The molecule has 0 aliphatic carbocycles. The van der Waals surface area contributed by atoms with Gasteiger partial charge in [0.25, 0.3) is 0 Å². The minimum atomic E-state index is -0.997. The number of carboxylic acids is 1. The van der Waals surface area contributed by atoms with Crippen LogP contribution in [0, 0.1) is 0 Å². The number of carbonyl (C=O) groups is 2. The third kappa shape index (κ3) is 4.26. The van der Waals surface area contributed by atoms with Crippen LogP contribution in [0.2, 0.25) is 0 Å². The maximum absolute atomic E-state index is 11.0. The fraction of sp³-hybridized carbons (Fsp3) is 0.385. The molecule has 1 rings (SSSR count). The van der Waals surface area contributed by atoms with E-state index in [-0.39, 0.29) is 11.8 Å². The second-order valence-corrected chi connectivity index (χ2v) is 4.14. The van der Waals surface area contributed by atoms with Crippen LogP contribution in [-0.2, 0) is 9.59 Å². The van der Waals surface area contributed by atoms with Gasteiger partial charge in [-0.1, -0.05) is 37.3 Å². The zero-order valence-electron chi connectivity index (χ0n) is 10.0. The molecule has 4 nitrogen and oxygen atoms in total. The monoisotopic (exact) mass is 235 g/mol. The summed E-state index contributed by atoms with van der Waals surface area (Å²) in [6.07, 6.45) is 0.388. The van der Waals surface area contributed by atoms with Gasteiger partial charge in [-0.25, -0.2) is 4.79 Å². The van der Waals surface area contributed by atoms with Gasteiger partial charge in [-0.2, -0.15) is 0 Å². The highest BCUT2D eigenvalue weighted by Crippen LogP contribution is 2.20. The normalized spacial score (nSPS) is 13.8. The summed E-state index contributed by atoms with van der Waals surface area (Å²) in [7, 11) is 0. The lowest BCUT2D eigenvalue weighted by molar-refractivity contribution is -0.141. The highest BCUT2D eigenvalue weighted by atomic mass is 16.4. The Morgan fingerprint density at radius 1 is 1.29 bits per heavy atom. The molecule has 0 saturated heterocycles. The van der Waals surface area contributed by atoms with Crippen LogP contribution in [0.3, 0.4) is 0 Å². The Hall–Kier alpha value is -1.84. The van der Waals surface area contributed by atoms with Crippen LogP contribution < -0.4 is 5.32 Å². The second kappa shape index (κ2) is 6.03. The summed E-state index contributed by atoms with van der Waals surface area (Å²) < 4.78 is 0. The lowest BCUT2D eigenvalue weighted by Crippen LogP contribution is -2.40. The zero-order valence-corrected chi connectivity index (χ0v) is 10.0. The van der Waals surface area contributed by atoms with Crippen LogP contribution in [0.25, 0.3) is 0 Å². The number of rotatable bonds is 5. The van der Waals surface area contributed by atoms with Gasteiger partial charge in [0.15, 0.2) is 0 Å². The molecule has 92 valence electrons. The standard InChI is InChI=1S/C13H17NO3/c1-9(11-6-4-3-5-7-11)8-12(13(16)17)14-10(2)15/h3-7,9,12H,8H2,1-2H3,(H,14,15)(H,16,17). The summed E-state index contributed by atoms with van der Waals surface area (Å²) in [4.78, 5) is 21.9. The summed E-state index contributed by atoms with van der Waals surface area (Å²) in [6, 6.07) is 8.83. The van der Waals surface area contributed by atoms with Gasteiger partial charge in [-0.15, -0.1) is 0 Å². The molecule has 0 fully saturated rings. The summed E-state index contributed by atoms with van der Waals surface area (Å²) in [5.74, 6) is -1.23. The molecular weight excluding hydrogens is 218 g/mol.